The van der Waals surface area contributed by atoms with Crippen LogP contribution >= 0.6 is 11.8 Å². The van der Waals surface area contributed by atoms with Gasteiger partial charge in [0.2, 0.25) is 0 Å². The fourth-order valence-electron chi connectivity index (χ4n) is 4.25. The van der Waals surface area contributed by atoms with E-state index in [1.807, 2.05) is 12.1 Å². The summed E-state index contributed by atoms with van der Waals surface area (Å²) in [6, 6.07) is 8.18. The Kier molecular flexibility index (Phi) is 5.12. The van der Waals surface area contributed by atoms with E-state index in [1.165, 1.54) is 30.4 Å². The van der Waals surface area contributed by atoms with Crippen LogP contribution in [0.2, 0.25) is 0 Å². The van der Waals surface area contributed by atoms with Crippen LogP contribution in [0.5, 0.6) is 0 Å². The molecule has 3 aliphatic rings. The number of nitrogens with zero attached hydrogens (tertiary/aromatic N) is 1. The van der Waals surface area contributed by atoms with Crippen molar-refractivity contribution in [1.82, 2.24) is 15.8 Å². The van der Waals surface area contributed by atoms with Crippen molar-refractivity contribution in [3.8, 4) is 0 Å². The summed E-state index contributed by atoms with van der Waals surface area (Å²) in [5, 5.41) is 6.89. The summed E-state index contributed by atoms with van der Waals surface area (Å²) in [7, 11) is -3.12. The molecule has 4 unspecified atom stereocenters. The topological polar surface area (TPSA) is 61.4 Å². The molecule has 1 aromatic rings. The molecule has 0 aromatic heterocycles. The maximum atomic E-state index is 11.6. The fraction of sp³-hybridized carbons (Fsp3) is 0.667. The fourth-order valence-corrected chi connectivity index (χ4v) is 6.16. The van der Waals surface area contributed by atoms with Gasteiger partial charge in [0.1, 0.15) is 0 Å². The summed E-state index contributed by atoms with van der Waals surface area (Å²) in [6.07, 6.45) is 5.03. The van der Waals surface area contributed by atoms with E-state index in [4.69, 9.17) is 0 Å². The van der Waals surface area contributed by atoms with Gasteiger partial charge in [0, 0.05) is 49.1 Å². The average molecular weight is 382 g/mol. The molecule has 2 N–H and O–H groups in total. The molecule has 4 rings (SSSR count). The normalized spacial score (nSPS) is 33.5. The van der Waals surface area contributed by atoms with Gasteiger partial charge in [-0.1, -0.05) is 12.1 Å². The number of benzene rings is 1. The molecule has 0 radical (unpaired) electrons. The quantitative estimate of drug-likeness (QED) is 0.830. The molecule has 0 bridgehead atoms. The van der Waals surface area contributed by atoms with Gasteiger partial charge in [0.25, 0.3) is 0 Å². The van der Waals surface area contributed by atoms with Gasteiger partial charge in [0.15, 0.2) is 9.84 Å². The molecule has 3 heterocycles. The van der Waals surface area contributed by atoms with E-state index in [2.05, 4.69) is 27.5 Å². The van der Waals surface area contributed by atoms with Gasteiger partial charge in [-0.15, -0.1) is 0 Å². The van der Waals surface area contributed by atoms with Crippen LogP contribution in [0.3, 0.4) is 0 Å². The number of piperidine rings is 1. The third-order valence-corrected chi connectivity index (χ3v) is 8.16. The second kappa shape index (κ2) is 7.19. The minimum Gasteiger partial charge on any atom is -0.309 e. The standard InChI is InChI=1S/C18H27N3O2S2/c1-25(22,23)16-6-4-13(5-7-16)17-9-18-14(10-19-17)11-21(20-18)12-15-3-2-8-24-15/h4-7,14-15,17-20H,2-3,8-12H2,1H3. The van der Waals surface area contributed by atoms with E-state index >= 15 is 0 Å². The summed E-state index contributed by atoms with van der Waals surface area (Å²) < 4.78 is 23.2. The maximum absolute atomic E-state index is 11.6. The van der Waals surface area contributed by atoms with Crippen LogP contribution < -0.4 is 10.7 Å². The summed E-state index contributed by atoms with van der Waals surface area (Å²) in [4.78, 5) is 0.393. The highest BCUT2D eigenvalue weighted by Crippen LogP contribution is 2.32. The average Bonchev–Trinajstić information content (AvgIpc) is 3.22. The van der Waals surface area contributed by atoms with Gasteiger partial charge < -0.3 is 5.32 Å². The molecule has 0 saturated carbocycles. The number of rotatable bonds is 4. The Balaban J connectivity index is 1.37. The zero-order chi connectivity index (χ0) is 17.4. The highest BCUT2D eigenvalue weighted by molar-refractivity contribution is 8.00. The number of hydrogen-bond donors (Lipinski definition) is 2. The smallest absolute Gasteiger partial charge is 0.175 e. The molecule has 5 nitrogen and oxygen atoms in total. The molecule has 4 atom stereocenters. The van der Waals surface area contributed by atoms with Gasteiger partial charge in [-0.25, -0.2) is 13.4 Å². The Morgan fingerprint density at radius 3 is 2.76 bits per heavy atom. The molecular formula is C18H27N3O2S2. The molecule has 0 spiro atoms. The van der Waals surface area contributed by atoms with Gasteiger partial charge >= 0.3 is 0 Å². The van der Waals surface area contributed by atoms with Crippen molar-refractivity contribution in [1.29, 1.82) is 0 Å². The number of hydrogen-bond acceptors (Lipinski definition) is 6. The van der Waals surface area contributed by atoms with Crippen molar-refractivity contribution < 1.29 is 8.42 Å². The number of sulfone groups is 1. The van der Waals surface area contributed by atoms with E-state index < -0.39 is 9.84 Å². The highest BCUT2D eigenvalue weighted by atomic mass is 32.2. The van der Waals surface area contributed by atoms with E-state index in [1.54, 1.807) is 12.1 Å². The number of fused-ring (bicyclic) bond motifs is 1. The third kappa shape index (κ3) is 4.06. The first-order chi connectivity index (χ1) is 12.0. The Morgan fingerprint density at radius 2 is 2.08 bits per heavy atom. The van der Waals surface area contributed by atoms with Crippen LogP contribution in [-0.4, -0.2) is 56.4 Å². The van der Waals surface area contributed by atoms with E-state index in [-0.39, 0.29) is 0 Å². The van der Waals surface area contributed by atoms with Crippen molar-refractivity contribution in [2.24, 2.45) is 5.92 Å². The predicted molar refractivity (Wildman–Crippen MR) is 102 cm³/mol. The number of thioether (sulfide) groups is 1. The van der Waals surface area contributed by atoms with Crippen molar-refractivity contribution >= 4 is 21.6 Å². The number of hydrazine groups is 1. The van der Waals surface area contributed by atoms with Crippen LogP contribution in [0.1, 0.15) is 30.9 Å². The first kappa shape index (κ1) is 17.8. The van der Waals surface area contributed by atoms with Crippen molar-refractivity contribution in [2.45, 2.75) is 41.5 Å². The van der Waals surface area contributed by atoms with Crippen LogP contribution in [0.15, 0.2) is 29.2 Å². The molecule has 7 heteroatoms. The highest BCUT2D eigenvalue weighted by Gasteiger charge is 2.38. The van der Waals surface area contributed by atoms with Crippen molar-refractivity contribution in [3.05, 3.63) is 29.8 Å². The Hall–Kier alpha value is -0.600. The Labute approximate surface area is 154 Å². The van der Waals surface area contributed by atoms with Crippen molar-refractivity contribution in [3.63, 3.8) is 0 Å². The number of nitrogens with one attached hydrogen (secondary N) is 2. The second-order valence-corrected chi connectivity index (χ2v) is 11.0. The van der Waals surface area contributed by atoms with Crippen molar-refractivity contribution in [2.75, 3.05) is 31.6 Å². The zero-order valence-electron chi connectivity index (χ0n) is 14.6. The Morgan fingerprint density at radius 1 is 1.28 bits per heavy atom. The first-order valence-corrected chi connectivity index (χ1v) is 12.1. The van der Waals surface area contributed by atoms with E-state index in [0.29, 0.717) is 22.9 Å². The summed E-state index contributed by atoms with van der Waals surface area (Å²) in [5.41, 5.74) is 4.92. The molecular weight excluding hydrogens is 354 g/mol. The lowest BCUT2D eigenvalue weighted by Gasteiger charge is -2.32. The van der Waals surface area contributed by atoms with Crippen LogP contribution in [0.25, 0.3) is 0 Å². The van der Waals surface area contributed by atoms with Gasteiger partial charge in [-0.05, 0) is 42.7 Å². The van der Waals surface area contributed by atoms with Gasteiger partial charge in [0.05, 0.1) is 4.90 Å². The second-order valence-electron chi connectivity index (χ2n) is 7.57. The molecule has 25 heavy (non-hydrogen) atoms. The molecule has 3 aliphatic heterocycles. The van der Waals surface area contributed by atoms with Crippen LogP contribution in [0, 0.1) is 5.92 Å². The van der Waals surface area contributed by atoms with E-state index in [0.717, 1.165) is 31.3 Å². The maximum Gasteiger partial charge on any atom is 0.175 e. The SMILES string of the molecule is CS(=O)(=O)c1ccc(C2CC3NN(CC4CCCS4)CC3CN2)cc1. The molecule has 0 amide bonds. The third-order valence-electron chi connectivity index (χ3n) is 5.65. The summed E-state index contributed by atoms with van der Waals surface area (Å²) in [5.74, 6) is 1.98. The first-order valence-electron chi connectivity index (χ1n) is 9.15. The lowest BCUT2D eigenvalue weighted by molar-refractivity contribution is 0.226. The minimum absolute atomic E-state index is 0.295. The summed E-state index contributed by atoms with van der Waals surface area (Å²) >= 11 is 2.12. The predicted octanol–water partition coefficient (Wildman–Crippen LogP) is 1.83. The minimum atomic E-state index is -3.12. The van der Waals surface area contributed by atoms with Gasteiger partial charge in [-0.3, -0.25) is 5.43 Å². The summed E-state index contributed by atoms with van der Waals surface area (Å²) in [6.45, 7) is 3.31. The molecule has 138 valence electrons. The van der Waals surface area contributed by atoms with E-state index in [9.17, 15) is 8.42 Å². The molecule has 1 aromatic carbocycles. The monoisotopic (exact) mass is 381 g/mol. The lowest BCUT2D eigenvalue weighted by atomic mass is 9.88. The molecule has 3 fully saturated rings. The van der Waals surface area contributed by atoms with Crippen LogP contribution in [-0.2, 0) is 9.84 Å². The lowest BCUT2D eigenvalue weighted by Crippen LogP contribution is -2.45. The molecule has 0 aliphatic carbocycles. The van der Waals surface area contributed by atoms with Gasteiger partial charge in [-0.2, -0.15) is 11.8 Å². The Bertz CT molecular complexity index is 702. The van der Waals surface area contributed by atoms with Crippen LogP contribution in [0.4, 0.5) is 0 Å². The zero-order valence-corrected chi connectivity index (χ0v) is 16.3. The largest absolute Gasteiger partial charge is 0.309 e. The molecule has 3 saturated heterocycles.